The summed E-state index contributed by atoms with van der Waals surface area (Å²) in [5.41, 5.74) is 0.0557. The third kappa shape index (κ3) is 3.23. The van der Waals surface area contributed by atoms with Gasteiger partial charge in [-0.25, -0.2) is 4.79 Å². The molecule has 0 unspecified atom stereocenters. The number of hydrogen-bond acceptors (Lipinski definition) is 4. The van der Waals surface area contributed by atoms with Crippen molar-refractivity contribution in [1.82, 2.24) is 0 Å². The Hall–Kier alpha value is -1.04. The molecule has 0 amide bonds. The summed E-state index contributed by atoms with van der Waals surface area (Å²) >= 11 is 0. The van der Waals surface area contributed by atoms with E-state index >= 15 is 0 Å². The van der Waals surface area contributed by atoms with Gasteiger partial charge in [0, 0.05) is 5.56 Å². The van der Waals surface area contributed by atoms with Crippen molar-refractivity contribution in [2.75, 3.05) is 14.2 Å². The van der Waals surface area contributed by atoms with Gasteiger partial charge in [0.2, 0.25) is 0 Å². The number of rotatable bonds is 4. The van der Waals surface area contributed by atoms with E-state index < -0.39 is 11.8 Å². The second-order valence-corrected chi connectivity index (χ2v) is 2.70. The largest absolute Gasteiger partial charge is 1.00 e. The first kappa shape index (κ1) is 15.0. The summed E-state index contributed by atoms with van der Waals surface area (Å²) in [6.07, 6.45) is 0. The maximum atomic E-state index is 11.1. The first-order chi connectivity index (χ1) is 7.10. The van der Waals surface area contributed by atoms with E-state index in [9.17, 15) is 9.59 Å². The fourth-order valence-electron chi connectivity index (χ4n) is 1.10. The molecule has 0 spiro atoms. The van der Waals surface area contributed by atoms with E-state index in [2.05, 4.69) is 0 Å². The van der Waals surface area contributed by atoms with Gasteiger partial charge >= 0.3 is 35.5 Å². The fourth-order valence-corrected chi connectivity index (χ4v) is 1.10. The number of ketones is 1. The number of benzene rings is 1. The first-order valence-corrected chi connectivity index (χ1v) is 4.09. The van der Waals surface area contributed by atoms with Gasteiger partial charge in [-0.1, -0.05) is 0 Å². The third-order valence-electron chi connectivity index (χ3n) is 1.84. The minimum atomic E-state index is -1.50. The van der Waals surface area contributed by atoms with Crippen molar-refractivity contribution in [3.63, 3.8) is 0 Å². The molecule has 0 fully saturated rings. The van der Waals surface area contributed by atoms with E-state index in [4.69, 9.17) is 14.6 Å². The Balaban J connectivity index is 0. The minimum absolute atomic E-state index is 0. The van der Waals surface area contributed by atoms with Gasteiger partial charge in [0.25, 0.3) is 5.78 Å². The number of hydrogen-bond donors (Lipinski definition) is 1. The smallest absolute Gasteiger partial charge is 1.00 e. The molecule has 0 aliphatic heterocycles. The number of aliphatic carboxylic acids is 1. The van der Waals surface area contributed by atoms with Crippen LogP contribution in [0.4, 0.5) is 0 Å². The molecule has 1 aromatic carbocycles. The van der Waals surface area contributed by atoms with Crippen LogP contribution < -0.4 is 39.0 Å². The molecule has 0 aromatic heterocycles. The average Bonchev–Trinajstić information content (AvgIpc) is 2.26. The van der Waals surface area contributed by atoms with Gasteiger partial charge < -0.3 is 16.0 Å². The topological polar surface area (TPSA) is 72.8 Å². The monoisotopic (exact) mass is 234 g/mol. The number of carbonyl (C=O) groups is 2. The van der Waals surface area contributed by atoms with Crippen LogP contribution in [0.5, 0.6) is 11.5 Å². The first-order valence-electron chi connectivity index (χ1n) is 4.09. The van der Waals surface area contributed by atoms with E-state index in [1.165, 1.54) is 32.4 Å². The Kier molecular flexibility index (Phi) is 6.10. The normalized spacial score (nSPS) is 8.88. The Labute approximate surface area is 116 Å². The van der Waals surface area contributed by atoms with E-state index in [-0.39, 0.29) is 36.5 Å². The Morgan fingerprint density at radius 3 is 2.19 bits per heavy atom. The summed E-state index contributed by atoms with van der Waals surface area (Å²) < 4.78 is 9.88. The fraction of sp³-hybridized carbons (Fsp3) is 0.200. The van der Waals surface area contributed by atoms with Crippen molar-refractivity contribution in [3.05, 3.63) is 23.8 Å². The molecule has 82 valence electrons. The third-order valence-corrected chi connectivity index (χ3v) is 1.84. The van der Waals surface area contributed by atoms with Gasteiger partial charge in [-0.15, -0.1) is 0 Å². The van der Waals surface area contributed by atoms with E-state index in [0.29, 0.717) is 11.5 Å². The number of carbonyl (C=O) groups excluding carboxylic acids is 1. The Morgan fingerprint density at radius 2 is 1.75 bits per heavy atom. The van der Waals surface area contributed by atoms with E-state index in [0.717, 1.165) is 0 Å². The van der Waals surface area contributed by atoms with E-state index in [1.807, 2.05) is 0 Å². The molecule has 6 heteroatoms. The number of ether oxygens (including phenoxy) is 2. The number of methoxy groups -OCH3 is 2. The molecule has 0 aliphatic carbocycles. The molecular formula is C10H11NaO5. The zero-order valence-electron chi connectivity index (χ0n) is 10.3. The Bertz CT molecular complexity index is 408. The standard InChI is InChI=1S/C10H10O5.Na.H/c1-14-7-4-3-6(5-8(7)15-2)9(11)10(12)13;;/h3-5H,1-2H3,(H,12,13);;/q;+1;-1. The summed E-state index contributed by atoms with van der Waals surface area (Å²) in [6, 6.07) is 4.18. The predicted molar refractivity (Wildman–Crippen MR) is 52.6 cm³/mol. The average molecular weight is 234 g/mol. The van der Waals surface area contributed by atoms with Crippen molar-refractivity contribution in [3.8, 4) is 11.5 Å². The van der Waals surface area contributed by atoms with Crippen molar-refractivity contribution in [1.29, 1.82) is 0 Å². The van der Waals surface area contributed by atoms with Gasteiger partial charge in [-0.05, 0) is 18.2 Å². The molecule has 16 heavy (non-hydrogen) atoms. The molecule has 0 saturated heterocycles. The van der Waals surface area contributed by atoms with Crippen LogP contribution in [0.1, 0.15) is 11.8 Å². The maximum absolute atomic E-state index is 11.1. The van der Waals surface area contributed by atoms with Crippen LogP contribution in [0, 0.1) is 0 Å². The van der Waals surface area contributed by atoms with Crippen LogP contribution in [0.15, 0.2) is 18.2 Å². The molecule has 0 radical (unpaired) electrons. The van der Waals surface area contributed by atoms with Crippen LogP contribution >= 0.6 is 0 Å². The zero-order chi connectivity index (χ0) is 11.4. The molecule has 1 rings (SSSR count). The summed E-state index contributed by atoms with van der Waals surface area (Å²) in [7, 11) is 2.86. The van der Waals surface area contributed by atoms with Crippen molar-refractivity contribution >= 4 is 11.8 Å². The molecule has 0 saturated carbocycles. The van der Waals surface area contributed by atoms with Gasteiger partial charge in [0.05, 0.1) is 14.2 Å². The summed E-state index contributed by atoms with van der Waals surface area (Å²) in [4.78, 5) is 21.5. The number of carboxylic acid groups (broad SMARTS) is 1. The van der Waals surface area contributed by atoms with Gasteiger partial charge in [-0.2, -0.15) is 0 Å². The van der Waals surface area contributed by atoms with Crippen LogP contribution in [-0.4, -0.2) is 31.1 Å². The zero-order valence-corrected chi connectivity index (χ0v) is 11.3. The van der Waals surface area contributed by atoms with Crippen molar-refractivity contribution in [2.24, 2.45) is 0 Å². The van der Waals surface area contributed by atoms with Gasteiger partial charge in [0.1, 0.15) is 0 Å². The molecule has 0 atom stereocenters. The van der Waals surface area contributed by atoms with Gasteiger partial charge in [-0.3, -0.25) is 4.79 Å². The Morgan fingerprint density at radius 1 is 1.19 bits per heavy atom. The van der Waals surface area contributed by atoms with Crippen molar-refractivity contribution < 1.29 is 55.2 Å². The van der Waals surface area contributed by atoms with Crippen molar-refractivity contribution in [2.45, 2.75) is 0 Å². The van der Waals surface area contributed by atoms with Gasteiger partial charge in [0.15, 0.2) is 11.5 Å². The molecule has 0 heterocycles. The second kappa shape index (κ2) is 6.52. The molecule has 0 bridgehead atoms. The maximum Gasteiger partial charge on any atom is 1.00 e. The second-order valence-electron chi connectivity index (χ2n) is 2.70. The van der Waals surface area contributed by atoms with Crippen LogP contribution in [0.2, 0.25) is 0 Å². The number of carboxylic acids is 1. The molecule has 5 nitrogen and oxygen atoms in total. The SMILES string of the molecule is COc1ccc(C(=O)C(=O)O)cc1OC.[H-].[Na+]. The summed E-state index contributed by atoms with van der Waals surface area (Å²) in [5, 5.41) is 8.50. The molecule has 1 aromatic rings. The number of Topliss-reactive ketones (excluding diaryl/α,β-unsaturated/α-hetero) is 1. The van der Waals surface area contributed by atoms with Crippen LogP contribution in [-0.2, 0) is 4.79 Å². The molecular weight excluding hydrogens is 223 g/mol. The summed E-state index contributed by atoms with van der Waals surface area (Å²) in [6.45, 7) is 0. The van der Waals surface area contributed by atoms with Crippen LogP contribution in [0.25, 0.3) is 0 Å². The van der Waals surface area contributed by atoms with Crippen LogP contribution in [0.3, 0.4) is 0 Å². The van der Waals surface area contributed by atoms with E-state index in [1.54, 1.807) is 0 Å². The molecule has 1 N–H and O–H groups in total. The quantitative estimate of drug-likeness (QED) is 0.374. The minimum Gasteiger partial charge on any atom is -1.00 e. The summed E-state index contributed by atoms with van der Waals surface area (Å²) in [5.74, 6) is -1.71. The predicted octanol–water partition coefficient (Wildman–Crippen LogP) is -1.91. The molecule has 0 aliphatic rings.